The van der Waals surface area contributed by atoms with Crippen LogP contribution in [0.3, 0.4) is 0 Å². The van der Waals surface area contributed by atoms with E-state index in [2.05, 4.69) is 19.2 Å². The van der Waals surface area contributed by atoms with Crippen LogP contribution in [-0.4, -0.2) is 13.0 Å². The summed E-state index contributed by atoms with van der Waals surface area (Å²) in [4.78, 5) is 12.7. The predicted octanol–water partition coefficient (Wildman–Crippen LogP) is 2.99. The summed E-state index contributed by atoms with van der Waals surface area (Å²) < 4.78 is 5.20. The summed E-state index contributed by atoms with van der Waals surface area (Å²) in [6.07, 6.45) is 3.55. The predicted molar refractivity (Wildman–Crippen MR) is 83.8 cm³/mol. The van der Waals surface area contributed by atoms with Crippen molar-refractivity contribution in [2.24, 2.45) is 17.1 Å². The zero-order chi connectivity index (χ0) is 15.5. The molecule has 0 aromatic heterocycles. The maximum absolute atomic E-state index is 12.7. The highest BCUT2D eigenvalue weighted by molar-refractivity contribution is 5.84. The van der Waals surface area contributed by atoms with E-state index in [1.807, 2.05) is 24.3 Å². The van der Waals surface area contributed by atoms with Gasteiger partial charge in [0.25, 0.3) is 0 Å². The van der Waals surface area contributed by atoms with Crippen molar-refractivity contribution < 1.29 is 9.53 Å². The lowest BCUT2D eigenvalue weighted by Crippen LogP contribution is -2.53. The van der Waals surface area contributed by atoms with Crippen LogP contribution < -0.4 is 15.8 Å². The molecule has 3 atom stereocenters. The van der Waals surface area contributed by atoms with Crippen molar-refractivity contribution in [2.45, 2.75) is 45.7 Å². The second kappa shape index (κ2) is 6.48. The molecule has 0 aliphatic heterocycles. The Hall–Kier alpha value is -1.55. The first kappa shape index (κ1) is 15.8. The summed E-state index contributed by atoms with van der Waals surface area (Å²) in [5.41, 5.74) is 6.79. The fourth-order valence-electron chi connectivity index (χ4n) is 3.42. The minimum Gasteiger partial charge on any atom is -0.497 e. The van der Waals surface area contributed by atoms with E-state index in [1.54, 1.807) is 7.11 Å². The number of ether oxygens (including phenoxy) is 1. The molecule has 1 saturated carbocycles. The molecule has 1 aliphatic carbocycles. The van der Waals surface area contributed by atoms with Gasteiger partial charge in [0.05, 0.1) is 12.5 Å². The Balaban J connectivity index is 2.08. The number of nitrogens with one attached hydrogen (secondary N) is 1. The van der Waals surface area contributed by atoms with Crippen LogP contribution >= 0.6 is 0 Å². The van der Waals surface area contributed by atoms with Gasteiger partial charge in [-0.05, 0) is 42.9 Å². The van der Waals surface area contributed by atoms with Crippen molar-refractivity contribution in [1.82, 2.24) is 5.32 Å². The number of nitrogens with two attached hydrogens (primary N) is 1. The lowest BCUT2D eigenvalue weighted by atomic mass is 9.57. The molecule has 0 radical (unpaired) electrons. The van der Waals surface area contributed by atoms with E-state index in [0.29, 0.717) is 5.92 Å². The molecule has 21 heavy (non-hydrogen) atoms. The van der Waals surface area contributed by atoms with Gasteiger partial charge in [0.15, 0.2) is 0 Å². The topological polar surface area (TPSA) is 64.4 Å². The van der Waals surface area contributed by atoms with E-state index in [4.69, 9.17) is 10.5 Å². The number of hydrogen-bond acceptors (Lipinski definition) is 3. The molecule has 2 rings (SSSR count). The zero-order valence-corrected chi connectivity index (χ0v) is 13.2. The largest absolute Gasteiger partial charge is 0.497 e. The average Bonchev–Trinajstić information content (AvgIpc) is 2.47. The third-order valence-corrected chi connectivity index (χ3v) is 5.04. The highest BCUT2D eigenvalue weighted by Gasteiger charge is 2.50. The van der Waals surface area contributed by atoms with Gasteiger partial charge in [-0.2, -0.15) is 0 Å². The SMILES string of the molecule is CCC1CCC1(CC)C(=O)NC(N)c1cccc(OC)c1. The van der Waals surface area contributed by atoms with Crippen LogP contribution in [0.5, 0.6) is 5.75 Å². The third kappa shape index (κ3) is 2.91. The maximum atomic E-state index is 12.7. The van der Waals surface area contributed by atoms with E-state index >= 15 is 0 Å². The Morgan fingerprint density at radius 1 is 1.52 bits per heavy atom. The van der Waals surface area contributed by atoms with E-state index in [0.717, 1.165) is 37.0 Å². The van der Waals surface area contributed by atoms with Crippen LogP contribution in [0.4, 0.5) is 0 Å². The summed E-state index contributed by atoms with van der Waals surface area (Å²) in [6, 6.07) is 7.52. The minimum absolute atomic E-state index is 0.0958. The van der Waals surface area contributed by atoms with Crippen LogP contribution in [-0.2, 0) is 4.79 Å². The maximum Gasteiger partial charge on any atom is 0.227 e. The van der Waals surface area contributed by atoms with Gasteiger partial charge in [-0.15, -0.1) is 0 Å². The zero-order valence-electron chi connectivity index (χ0n) is 13.2. The van der Waals surface area contributed by atoms with Crippen LogP contribution in [0, 0.1) is 11.3 Å². The van der Waals surface area contributed by atoms with Gasteiger partial charge in [0.1, 0.15) is 11.9 Å². The molecule has 4 nitrogen and oxygen atoms in total. The number of carbonyl (C=O) groups is 1. The molecule has 0 spiro atoms. The summed E-state index contributed by atoms with van der Waals surface area (Å²) in [7, 11) is 1.62. The third-order valence-electron chi connectivity index (χ3n) is 5.04. The van der Waals surface area contributed by atoms with E-state index in [1.165, 1.54) is 0 Å². The van der Waals surface area contributed by atoms with Crippen molar-refractivity contribution >= 4 is 5.91 Å². The van der Waals surface area contributed by atoms with Crippen molar-refractivity contribution in [3.8, 4) is 5.75 Å². The lowest BCUT2D eigenvalue weighted by Gasteiger charge is -2.48. The fraction of sp³-hybridized carbons (Fsp3) is 0.588. The first-order chi connectivity index (χ1) is 10.1. The molecule has 1 aromatic rings. The first-order valence-electron chi connectivity index (χ1n) is 7.78. The Labute approximate surface area is 127 Å². The van der Waals surface area contributed by atoms with Gasteiger partial charge in [-0.3, -0.25) is 4.79 Å². The quantitative estimate of drug-likeness (QED) is 0.792. The number of amides is 1. The molecule has 116 valence electrons. The average molecular weight is 290 g/mol. The standard InChI is InChI=1S/C17H26N2O2/c1-4-13-9-10-17(13,5-2)16(20)19-15(18)12-7-6-8-14(11-12)21-3/h6-8,11,13,15H,4-5,9-10,18H2,1-3H3,(H,19,20). The second-order valence-electron chi connectivity index (χ2n) is 5.88. The Bertz CT molecular complexity index is 497. The van der Waals surface area contributed by atoms with Gasteiger partial charge < -0.3 is 15.8 Å². The Kier molecular flexibility index (Phi) is 4.88. The highest BCUT2D eigenvalue weighted by atomic mass is 16.5. The number of benzene rings is 1. The van der Waals surface area contributed by atoms with Gasteiger partial charge >= 0.3 is 0 Å². The van der Waals surface area contributed by atoms with E-state index in [9.17, 15) is 4.79 Å². The molecule has 1 amide bonds. The number of rotatable bonds is 6. The van der Waals surface area contributed by atoms with Gasteiger partial charge in [0, 0.05) is 0 Å². The molecule has 0 saturated heterocycles. The van der Waals surface area contributed by atoms with Crippen molar-refractivity contribution in [1.29, 1.82) is 0 Å². The molecule has 3 unspecified atom stereocenters. The second-order valence-corrected chi connectivity index (χ2v) is 5.88. The fourth-order valence-corrected chi connectivity index (χ4v) is 3.42. The Morgan fingerprint density at radius 3 is 2.81 bits per heavy atom. The molecule has 1 aliphatic rings. The van der Waals surface area contributed by atoms with Gasteiger partial charge in [-0.25, -0.2) is 0 Å². The van der Waals surface area contributed by atoms with E-state index in [-0.39, 0.29) is 11.3 Å². The normalized spacial score (nSPS) is 25.8. The molecule has 4 heteroatoms. The Morgan fingerprint density at radius 2 is 2.29 bits per heavy atom. The monoisotopic (exact) mass is 290 g/mol. The van der Waals surface area contributed by atoms with Crippen LogP contribution in [0.1, 0.15) is 51.3 Å². The van der Waals surface area contributed by atoms with Crippen LogP contribution in [0.25, 0.3) is 0 Å². The summed E-state index contributed by atoms with van der Waals surface area (Å²) in [5.74, 6) is 1.33. The minimum atomic E-state index is -0.492. The lowest BCUT2D eigenvalue weighted by molar-refractivity contribution is -0.143. The van der Waals surface area contributed by atoms with Crippen molar-refractivity contribution in [2.75, 3.05) is 7.11 Å². The first-order valence-corrected chi connectivity index (χ1v) is 7.78. The van der Waals surface area contributed by atoms with Crippen LogP contribution in [0.15, 0.2) is 24.3 Å². The van der Waals surface area contributed by atoms with E-state index < -0.39 is 6.17 Å². The summed E-state index contributed by atoms with van der Waals surface area (Å²) in [5, 5.41) is 2.99. The number of methoxy groups -OCH3 is 1. The molecule has 1 fully saturated rings. The van der Waals surface area contributed by atoms with Crippen molar-refractivity contribution in [3.05, 3.63) is 29.8 Å². The molecule has 3 N–H and O–H groups in total. The summed E-state index contributed by atoms with van der Waals surface area (Å²) >= 11 is 0. The molecular formula is C17H26N2O2. The number of carbonyl (C=O) groups excluding carboxylic acids is 1. The molecule has 1 aromatic carbocycles. The smallest absolute Gasteiger partial charge is 0.227 e. The molecular weight excluding hydrogens is 264 g/mol. The van der Waals surface area contributed by atoms with Gasteiger partial charge in [0.2, 0.25) is 5.91 Å². The molecule has 0 bridgehead atoms. The highest BCUT2D eigenvalue weighted by Crippen LogP contribution is 2.51. The summed E-state index contributed by atoms with van der Waals surface area (Å²) in [6.45, 7) is 4.25. The van der Waals surface area contributed by atoms with Crippen molar-refractivity contribution in [3.63, 3.8) is 0 Å². The van der Waals surface area contributed by atoms with Gasteiger partial charge in [-0.1, -0.05) is 32.4 Å². The molecule has 0 heterocycles. The number of hydrogen-bond donors (Lipinski definition) is 2. The van der Waals surface area contributed by atoms with Crippen LogP contribution in [0.2, 0.25) is 0 Å².